The third-order valence-corrected chi connectivity index (χ3v) is 4.05. The average Bonchev–Trinajstić information content (AvgIpc) is 2.58. The van der Waals surface area contributed by atoms with Crippen molar-refractivity contribution >= 4 is 22.7 Å². The molecule has 0 atom stereocenters. The zero-order valence-electron chi connectivity index (χ0n) is 14.1. The van der Waals surface area contributed by atoms with Crippen molar-refractivity contribution in [2.45, 2.75) is 32.9 Å². The van der Waals surface area contributed by atoms with E-state index in [0.717, 1.165) is 16.8 Å². The van der Waals surface area contributed by atoms with Gasteiger partial charge in [0.15, 0.2) is 5.16 Å². The molecule has 120 valence electrons. The molecule has 4 nitrogen and oxygen atoms in total. The highest BCUT2D eigenvalue weighted by atomic mass is 32.2. The molecule has 0 aliphatic carbocycles. The highest BCUT2D eigenvalue weighted by Crippen LogP contribution is 2.19. The number of para-hydroxylation sites is 1. The minimum absolute atomic E-state index is 0.0856. The maximum absolute atomic E-state index is 12.7. The van der Waals surface area contributed by atoms with Crippen LogP contribution in [0, 0.1) is 13.8 Å². The lowest BCUT2D eigenvalue weighted by molar-refractivity contribution is 0.955. The molecule has 2 aromatic heterocycles. The molecule has 0 aliphatic rings. The van der Waals surface area contributed by atoms with E-state index in [9.17, 15) is 4.79 Å². The van der Waals surface area contributed by atoms with Gasteiger partial charge in [0.05, 0.1) is 16.6 Å². The van der Waals surface area contributed by atoms with Crippen molar-refractivity contribution in [1.29, 1.82) is 0 Å². The van der Waals surface area contributed by atoms with Crippen LogP contribution in [0.5, 0.6) is 0 Å². The molecule has 0 bridgehead atoms. The van der Waals surface area contributed by atoms with Crippen molar-refractivity contribution < 1.29 is 0 Å². The van der Waals surface area contributed by atoms with E-state index in [0.29, 0.717) is 16.1 Å². The third kappa shape index (κ3) is 3.29. The van der Waals surface area contributed by atoms with Crippen molar-refractivity contribution in [1.82, 2.24) is 14.5 Å². The number of fused-ring (bicyclic) bond motifs is 1. The summed E-state index contributed by atoms with van der Waals surface area (Å²) in [5.74, 6) is 0. The Labute approximate surface area is 140 Å². The molecule has 0 N–H and O–H groups in total. The van der Waals surface area contributed by atoms with Gasteiger partial charge >= 0.3 is 0 Å². The van der Waals surface area contributed by atoms with E-state index < -0.39 is 0 Å². The number of benzene rings is 1. The highest BCUT2D eigenvalue weighted by molar-refractivity contribution is 7.98. The zero-order chi connectivity index (χ0) is 17.0. The standard InChI is InChI=1S/C16H15N3OS.C2H6/c1-10-5-4-6-11(2)14(10)19-8-7-13-12(15(19)20)9-17-16(18-13)21-3;1-2/h4-9H,1-3H3;1-2H3. The number of pyridine rings is 1. The monoisotopic (exact) mass is 327 g/mol. The number of rotatable bonds is 2. The van der Waals surface area contributed by atoms with Crippen LogP contribution in [0.25, 0.3) is 16.6 Å². The molecule has 0 spiro atoms. The predicted molar refractivity (Wildman–Crippen MR) is 97.7 cm³/mol. The van der Waals surface area contributed by atoms with Crippen molar-refractivity contribution in [3.05, 3.63) is 58.1 Å². The Morgan fingerprint density at radius 3 is 2.35 bits per heavy atom. The van der Waals surface area contributed by atoms with E-state index in [1.165, 1.54) is 11.8 Å². The Morgan fingerprint density at radius 2 is 1.74 bits per heavy atom. The van der Waals surface area contributed by atoms with Gasteiger partial charge in [0.25, 0.3) is 5.56 Å². The summed E-state index contributed by atoms with van der Waals surface area (Å²) in [5, 5.41) is 1.21. The van der Waals surface area contributed by atoms with E-state index in [4.69, 9.17) is 0 Å². The first-order valence-corrected chi connectivity index (χ1v) is 8.83. The second-order valence-electron chi connectivity index (χ2n) is 4.89. The molecule has 3 aromatic rings. The number of thioether (sulfide) groups is 1. The van der Waals surface area contributed by atoms with E-state index in [2.05, 4.69) is 9.97 Å². The van der Waals surface area contributed by atoms with Crippen molar-refractivity contribution in [3.8, 4) is 5.69 Å². The van der Waals surface area contributed by atoms with Crippen LogP contribution in [0.2, 0.25) is 0 Å². The fraction of sp³-hybridized carbons (Fsp3) is 0.278. The van der Waals surface area contributed by atoms with Crippen LogP contribution < -0.4 is 5.56 Å². The van der Waals surface area contributed by atoms with Crippen LogP contribution in [0.3, 0.4) is 0 Å². The molecule has 0 saturated heterocycles. The summed E-state index contributed by atoms with van der Waals surface area (Å²) in [6.07, 6.45) is 5.32. The van der Waals surface area contributed by atoms with Gasteiger partial charge in [0.1, 0.15) is 0 Å². The summed E-state index contributed by atoms with van der Waals surface area (Å²) in [4.78, 5) is 21.3. The van der Waals surface area contributed by atoms with Gasteiger partial charge in [0.2, 0.25) is 0 Å². The topological polar surface area (TPSA) is 47.8 Å². The maximum atomic E-state index is 12.7. The predicted octanol–water partition coefficient (Wildman–Crippen LogP) is 4.15. The second kappa shape index (κ2) is 7.42. The number of hydrogen-bond acceptors (Lipinski definition) is 4. The molecule has 0 fully saturated rings. The fourth-order valence-electron chi connectivity index (χ4n) is 2.47. The van der Waals surface area contributed by atoms with Gasteiger partial charge in [-0.1, -0.05) is 43.8 Å². The molecule has 0 saturated carbocycles. The molecule has 5 heteroatoms. The lowest BCUT2D eigenvalue weighted by Gasteiger charge is -2.13. The van der Waals surface area contributed by atoms with Crippen LogP contribution in [0.15, 0.2) is 46.6 Å². The molecule has 0 aliphatic heterocycles. The van der Waals surface area contributed by atoms with Gasteiger partial charge in [-0.2, -0.15) is 0 Å². The first kappa shape index (κ1) is 17.2. The quantitative estimate of drug-likeness (QED) is 0.524. The summed E-state index contributed by atoms with van der Waals surface area (Å²) in [5.41, 5.74) is 3.66. The number of aryl methyl sites for hydroxylation is 2. The largest absolute Gasteiger partial charge is 0.283 e. The Balaban J connectivity index is 0.000000924. The van der Waals surface area contributed by atoms with Gasteiger partial charge in [-0.25, -0.2) is 9.97 Å². The van der Waals surface area contributed by atoms with Crippen molar-refractivity contribution in [2.75, 3.05) is 6.26 Å². The van der Waals surface area contributed by atoms with Crippen LogP contribution in [-0.4, -0.2) is 20.8 Å². The summed E-state index contributed by atoms with van der Waals surface area (Å²) >= 11 is 1.46. The molecule has 3 rings (SSSR count). The number of hydrogen-bond donors (Lipinski definition) is 0. The molecular weight excluding hydrogens is 306 g/mol. The highest BCUT2D eigenvalue weighted by Gasteiger charge is 2.10. The average molecular weight is 327 g/mol. The maximum Gasteiger partial charge on any atom is 0.266 e. The van der Waals surface area contributed by atoms with Crippen molar-refractivity contribution in [3.63, 3.8) is 0 Å². The van der Waals surface area contributed by atoms with Gasteiger partial charge in [-0.3, -0.25) is 9.36 Å². The Kier molecular flexibility index (Phi) is 5.55. The first-order chi connectivity index (χ1) is 11.1. The molecule has 0 amide bonds. The molecule has 2 heterocycles. The third-order valence-electron chi connectivity index (χ3n) is 3.49. The molecular formula is C18H21N3OS. The fourth-order valence-corrected chi connectivity index (χ4v) is 2.82. The van der Waals surface area contributed by atoms with Crippen LogP contribution in [0.1, 0.15) is 25.0 Å². The second-order valence-corrected chi connectivity index (χ2v) is 5.66. The summed E-state index contributed by atoms with van der Waals surface area (Å²) < 4.78 is 1.68. The lowest BCUT2D eigenvalue weighted by atomic mass is 10.1. The smallest absolute Gasteiger partial charge is 0.266 e. The van der Waals surface area contributed by atoms with E-state index in [-0.39, 0.29) is 5.56 Å². The van der Waals surface area contributed by atoms with Gasteiger partial charge in [-0.05, 0) is 37.3 Å². The molecule has 0 unspecified atom stereocenters. The first-order valence-electron chi connectivity index (χ1n) is 7.61. The minimum atomic E-state index is -0.0856. The summed E-state index contributed by atoms with van der Waals surface area (Å²) in [6, 6.07) is 7.87. The Bertz CT molecular complexity index is 867. The van der Waals surface area contributed by atoms with Gasteiger partial charge in [0, 0.05) is 12.4 Å². The van der Waals surface area contributed by atoms with Crippen LogP contribution >= 0.6 is 11.8 Å². The van der Waals surface area contributed by atoms with E-state index >= 15 is 0 Å². The molecule has 23 heavy (non-hydrogen) atoms. The van der Waals surface area contributed by atoms with Gasteiger partial charge in [-0.15, -0.1) is 0 Å². The normalized spacial score (nSPS) is 10.3. The minimum Gasteiger partial charge on any atom is -0.283 e. The SMILES string of the molecule is CC.CSc1ncc2c(=O)n(-c3c(C)cccc3C)ccc2n1. The van der Waals surface area contributed by atoms with Crippen LogP contribution in [0.4, 0.5) is 0 Å². The Morgan fingerprint density at radius 1 is 1.09 bits per heavy atom. The molecule has 0 radical (unpaired) electrons. The Hall–Kier alpha value is -2.14. The zero-order valence-corrected chi connectivity index (χ0v) is 14.9. The lowest BCUT2D eigenvalue weighted by Crippen LogP contribution is -2.20. The van der Waals surface area contributed by atoms with E-state index in [1.54, 1.807) is 17.0 Å². The van der Waals surface area contributed by atoms with Crippen LogP contribution in [-0.2, 0) is 0 Å². The number of aromatic nitrogens is 3. The van der Waals surface area contributed by atoms with Crippen molar-refractivity contribution in [2.24, 2.45) is 0 Å². The number of nitrogens with zero attached hydrogens (tertiary/aromatic N) is 3. The van der Waals surface area contributed by atoms with Gasteiger partial charge < -0.3 is 0 Å². The van der Waals surface area contributed by atoms with E-state index in [1.807, 2.05) is 58.2 Å². The molecule has 1 aromatic carbocycles. The summed E-state index contributed by atoms with van der Waals surface area (Å²) in [7, 11) is 0. The summed E-state index contributed by atoms with van der Waals surface area (Å²) in [6.45, 7) is 8.01.